The Balaban J connectivity index is 2.18. The molecule has 1 aromatic heterocycles. The van der Waals surface area contributed by atoms with Crippen molar-refractivity contribution in [3.63, 3.8) is 0 Å². The summed E-state index contributed by atoms with van der Waals surface area (Å²) in [7, 11) is 0. The highest BCUT2D eigenvalue weighted by molar-refractivity contribution is 6.32. The number of nitrogens with two attached hydrogens (primary N) is 2. The first-order valence-corrected chi connectivity index (χ1v) is 6.13. The highest BCUT2D eigenvalue weighted by Crippen LogP contribution is 2.31. The van der Waals surface area contributed by atoms with Crippen molar-refractivity contribution in [3.8, 4) is 0 Å². The molecule has 1 fully saturated rings. The molecule has 19 heavy (non-hydrogen) atoms. The number of aromatic nitrogens is 2. The molecule has 0 bridgehead atoms. The minimum atomic E-state index is -1.04. The van der Waals surface area contributed by atoms with Crippen LogP contribution in [-0.4, -0.2) is 50.1 Å². The number of hydrogen-bond acceptors (Lipinski definition) is 8. The van der Waals surface area contributed by atoms with Crippen LogP contribution in [0, 0.1) is 5.92 Å². The van der Waals surface area contributed by atoms with Crippen molar-refractivity contribution in [3.05, 3.63) is 5.15 Å². The number of aliphatic hydroxyl groups excluding tert-OH is 3. The SMILES string of the molecule is Nc1nc(Cl)c(N)c(NC2CC(CO)C(O)C2O)n1. The third-order valence-corrected chi connectivity index (χ3v) is 3.56. The molecule has 0 radical (unpaired) electrons. The van der Waals surface area contributed by atoms with Gasteiger partial charge in [0, 0.05) is 12.5 Å². The van der Waals surface area contributed by atoms with Crippen molar-refractivity contribution in [1.29, 1.82) is 0 Å². The first-order chi connectivity index (χ1) is 8.93. The molecule has 106 valence electrons. The summed E-state index contributed by atoms with van der Waals surface area (Å²) in [5, 5.41) is 31.6. The van der Waals surface area contributed by atoms with Crippen LogP contribution in [0.25, 0.3) is 0 Å². The van der Waals surface area contributed by atoms with E-state index in [1.54, 1.807) is 0 Å². The van der Waals surface area contributed by atoms with Gasteiger partial charge in [0.1, 0.15) is 11.8 Å². The average Bonchev–Trinajstić information content (AvgIpc) is 2.63. The van der Waals surface area contributed by atoms with Crippen molar-refractivity contribution < 1.29 is 15.3 Å². The van der Waals surface area contributed by atoms with Gasteiger partial charge in [0.25, 0.3) is 0 Å². The normalized spacial score (nSPS) is 30.5. The van der Waals surface area contributed by atoms with Crippen LogP contribution in [0.2, 0.25) is 5.15 Å². The predicted octanol–water partition coefficient (Wildman–Crippen LogP) is -1.19. The molecule has 4 unspecified atom stereocenters. The number of aliphatic hydroxyl groups is 3. The topological polar surface area (TPSA) is 151 Å². The Labute approximate surface area is 114 Å². The van der Waals surface area contributed by atoms with Gasteiger partial charge in [0.15, 0.2) is 11.0 Å². The number of halogens is 1. The molecule has 8 nitrogen and oxygen atoms in total. The Bertz CT molecular complexity index is 475. The molecular formula is C10H16ClN5O3. The molecule has 1 aliphatic rings. The second kappa shape index (κ2) is 5.33. The van der Waals surface area contributed by atoms with E-state index in [9.17, 15) is 10.2 Å². The fourth-order valence-electron chi connectivity index (χ4n) is 2.19. The summed E-state index contributed by atoms with van der Waals surface area (Å²) in [4.78, 5) is 7.59. The number of nitrogens with one attached hydrogen (secondary N) is 1. The molecule has 1 heterocycles. The second-order valence-electron chi connectivity index (χ2n) is 4.55. The van der Waals surface area contributed by atoms with Crippen LogP contribution in [-0.2, 0) is 0 Å². The Morgan fingerprint density at radius 3 is 2.53 bits per heavy atom. The molecule has 1 saturated carbocycles. The van der Waals surface area contributed by atoms with Gasteiger partial charge in [-0.25, -0.2) is 0 Å². The maximum absolute atomic E-state index is 9.88. The molecule has 8 N–H and O–H groups in total. The predicted molar refractivity (Wildman–Crippen MR) is 70.5 cm³/mol. The van der Waals surface area contributed by atoms with E-state index in [-0.39, 0.29) is 29.2 Å². The van der Waals surface area contributed by atoms with Gasteiger partial charge < -0.3 is 32.1 Å². The first-order valence-electron chi connectivity index (χ1n) is 5.76. The number of anilines is 3. The molecule has 1 aromatic rings. The Morgan fingerprint density at radius 2 is 1.95 bits per heavy atom. The summed E-state index contributed by atoms with van der Waals surface area (Å²) in [5.74, 6) is -0.246. The lowest BCUT2D eigenvalue weighted by Crippen LogP contribution is -2.35. The first kappa shape index (κ1) is 14.1. The molecule has 9 heteroatoms. The van der Waals surface area contributed by atoms with Crippen LogP contribution in [0.15, 0.2) is 0 Å². The third kappa shape index (κ3) is 2.66. The van der Waals surface area contributed by atoms with Crippen molar-refractivity contribution in [1.82, 2.24) is 9.97 Å². The summed E-state index contributed by atoms with van der Waals surface area (Å²) < 4.78 is 0. The van der Waals surface area contributed by atoms with Crippen LogP contribution >= 0.6 is 11.6 Å². The van der Waals surface area contributed by atoms with Gasteiger partial charge >= 0.3 is 0 Å². The maximum Gasteiger partial charge on any atom is 0.223 e. The van der Waals surface area contributed by atoms with Crippen LogP contribution < -0.4 is 16.8 Å². The fraction of sp³-hybridized carbons (Fsp3) is 0.600. The van der Waals surface area contributed by atoms with Crippen LogP contribution in [0.5, 0.6) is 0 Å². The van der Waals surface area contributed by atoms with E-state index in [0.29, 0.717) is 6.42 Å². The van der Waals surface area contributed by atoms with E-state index in [2.05, 4.69) is 15.3 Å². The lowest BCUT2D eigenvalue weighted by Gasteiger charge is -2.19. The Morgan fingerprint density at radius 1 is 1.26 bits per heavy atom. The molecule has 0 spiro atoms. The molecular weight excluding hydrogens is 274 g/mol. The molecule has 1 aliphatic carbocycles. The standard InChI is InChI=1S/C10H16ClN5O3/c11-8-5(12)9(16-10(13)15-8)14-4-1-3(2-17)6(18)7(4)19/h3-4,6-7,17-19H,1-2,12H2,(H3,13,14,15,16). The van der Waals surface area contributed by atoms with E-state index < -0.39 is 24.2 Å². The van der Waals surface area contributed by atoms with Crippen LogP contribution in [0.4, 0.5) is 17.5 Å². The minimum Gasteiger partial charge on any atom is -0.396 e. The monoisotopic (exact) mass is 289 g/mol. The highest BCUT2D eigenvalue weighted by Gasteiger charge is 2.41. The van der Waals surface area contributed by atoms with Crippen molar-refractivity contribution in [2.45, 2.75) is 24.7 Å². The summed E-state index contributed by atoms with van der Waals surface area (Å²) in [6, 6.07) is -0.500. The second-order valence-corrected chi connectivity index (χ2v) is 4.90. The van der Waals surface area contributed by atoms with E-state index in [1.165, 1.54) is 0 Å². The van der Waals surface area contributed by atoms with Crippen molar-refractivity contribution in [2.24, 2.45) is 5.92 Å². The molecule has 0 aliphatic heterocycles. The van der Waals surface area contributed by atoms with E-state index in [4.69, 9.17) is 28.2 Å². The molecule has 2 rings (SSSR count). The average molecular weight is 290 g/mol. The third-order valence-electron chi connectivity index (χ3n) is 3.27. The molecule has 0 aromatic carbocycles. The zero-order chi connectivity index (χ0) is 14.2. The summed E-state index contributed by atoms with van der Waals surface area (Å²) in [6.07, 6.45) is -1.66. The van der Waals surface area contributed by atoms with E-state index >= 15 is 0 Å². The lowest BCUT2D eigenvalue weighted by molar-refractivity contribution is 0.00446. The highest BCUT2D eigenvalue weighted by atomic mass is 35.5. The summed E-state index contributed by atoms with van der Waals surface area (Å²) in [5.41, 5.74) is 11.3. The van der Waals surface area contributed by atoms with Gasteiger partial charge in [-0.05, 0) is 6.42 Å². The zero-order valence-electron chi connectivity index (χ0n) is 9.99. The minimum absolute atomic E-state index is 0.0155. The van der Waals surface area contributed by atoms with Crippen LogP contribution in [0.3, 0.4) is 0 Å². The zero-order valence-corrected chi connectivity index (χ0v) is 10.7. The lowest BCUT2D eigenvalue weighted by atomic mass is 10.1. The van der Waals surface area contributed by atoms with Gasteiger partial charge in [-0.1, -0.05) is 11.6 Å². The molecule has 0 amide bonds. The van der Waals surface area contributed by atoms with E-state index in [1.807, 2.05) is 0 Å². The van der Waals surface area contributed by atoms with Gasteiger partial charge in [-0.15, -0.1) is 0 Å². The summed E-state index contributed by atoms with van der Waals surface area (Å²) in [6.45, 7) is -0.210. The van der Waals surface area contributed by atoms with Crippen molar-refractivity contribution >= 4 is 29.1 Å². The smallest absolute Gasteiger partial charge is 0.223 e. The number of nitrogens with zero attached hydrogens (tertiary/aromatic N) is 2. The Kier molecular flexibility index (Phi) is 3.95. The van der Waals surface area contributed by atoms with E-state index in [0.717, 1.165) is 0 Å². The molecule has 0 saturated heterocycles. The number of nitrogen functional groups attached to an aromatic ring is 2. The maximum atomic E-state index is 9.88. The van der Waals surface area contributed by atoms with Gasteiger partial charge in [0.2, 0.25) is 5.95 Å². The van der Waals surface area contributed by atoms with Gasteiger partial charge in [-0.2, -0.15) is 9.97 Å². The Hall–Kier alpha value is -1.35. The number of hydrogen-bond donors (Lipinski definition) is 6. The van der Waals surface area contributed by atoms with Gasteiger partial charge in [0.05, 0.1) is 12.1 Å². The van der Waals surface area contributed by atoms with Crippen LogP contribution in [0.1, 0.15) is 6.42 Å². The number of rotatable bonds is 3. The largest absolute Gasteiger partial charge is 0.396 e. The van der Waals surface area contributed by atoms with Crippen molar-refractivity contribution in [2.75, 3.05) is 23.4 Å². The van der Waals surface area contributed by atoms with Gasteiger partial charge in [-0.3, -0.25) is 0 Å². The molecule has 4 atom stereocenters. The summed E-state index contributed by atoms with van der Waals surface area (Å²) >= 11 is 5.78. The fourth-order valence-corrected chi connectivity index (χ4v) is 2.37. The quantitative estimate of drug-likeness (QED) is 0.380.